The fourth-order valence-electron chi connectivity index (χ4n) is 3.05. The van der Waals surface area contributed by atoms with Gasteiger partial charge in [-0.1, -0.05) is 30.3 Å². The van der Waals surface area contributed by atoms with Crippen LogP contribution in [-0.2, 0) is 6.54 Å². The number of hydrogen-bond donors (Lipinski definition) is 1. The number of nitrogens with zero attached hydrogens (tertiary/aromatic N) is 1. The molecule has 0 spiro atoms. The molecule has 1 aliphatic heterocycles. The zero-order valence-electron chi connectivity index (χ0n) is 13.0. The van der Waals surface area contributed by atoms with Gasteiger partial charge in [0.1, 0.15) is 0 Å². The predicted octanol–water partition coefficient (Wildman–Crippen LogP) is 4.52. The molecule has 0 amide bonds. The van der Waals surface area contributed by atoms with E-state index in [-0.39, 0.29) is 0 Å². The van der Waals surface area contributed by atoms with Gasteiger partial charge in [0.05, 0.1) is 11.4 Å². The van der Waals surface area contributed by atoms with Gasteiger partial charge in [0.25, 0.3) is 0 Å². The summed E-state index contributed by atoms with van der Waals surface area (Å²) in [7, 11) is 0. The third-order valence-corrected chi connectivity index (χ3v) is 4.54. The first kappa shape index (κ1) is 14.0. The van der Waals surface area contributed by atoms with Crippen LogP contribution in [0.5, 0.6) is 0 Å². The zero-order chi connectivity index (χ0) is 14.7. The summed E-state index contributed by atoms with van der Waals surface area (Å²) in [4.78, 5) is 2.49. The number of benzene rings is 2. The van der Waals surface area contributed by atoms with Crippen LogP contribution in [0.2, 0.25) is 0 Å². The standard InChI is InChI=1S/C19H24N2/c1-15-8-7-9-17(16(15)2)14-20-18-10-3-4-11-19(18)21-12-5-6-13-21/h3-4,7-11,20H,5-6,12-14H2,1-2H3. The van der Waals surface area contributed by atoms with Crippen molar-refractivity contribution < 1.29 is 0 Å². The lowest BCUT2D eigenvalue weighted by atomic mass is 10.0. The van der Waals surface area contributed by atoms with Crippen LogP contribution in [0.25, 0.3) is 0 Å². The molecule has 0 saturated carbocycles. The SMILES string of the molecule is Cc1cccc(CNc2ccccc2N2CCCC2)c1C. The fraction of sp³-hybridized carbons (Fsp3) is 0.368. The van der Waals surface area contributed by atoms with E-state index in [1.165, 1.54) is 54.0 Å². The van der Waals surface area contributed by atoms with Crippen molar-refractivity contribution in [2.24, 2.45) is 0 Å². The van der Waals surface area contributed by atoms with Crippen molar-refractivity contribution in [1.82, 2.24) is 0 Å². The maximum absolute atomic E-state index is 3.63. The highest BCUT2D eigenvalue weighted by Crippen LogP contribution is 2.29. The maximum atomic E-state index is 3.63. The summed E-state index contributed by atoms with van der Waals surface area (Å²) in [6, 6.07) is 15.2. The average molecular weight is 280 g/mol. The zero-order valence-corrected chi connectivity index (χ0v) is 13.0. The first-order chi connectivity index (χ1) is 10.3. The van der Waals surface area contributed by atoms with Gasteiger partial charge >= 0.3 is 0 Å². The summed E-state index contributed by atoms with van der Waals surface area (Å²) in [5.74, 6) is 0. The molecule has 0 unspecified atom stereocenters. The van der Waals surface area contributed by atoms with Crippen molar-refractivity contribution in [3.8, 4) is 0 Å². The topological polar surface area (TPSA) is 15.3 Å². The molecule has 2 aromatic carbocycles. The Morgan fingerprint density at radius 3 is 2.52 bits per heavy atom. The molecule has 1 fully saturated rings. The van der Waals surface area contributed by atoms with Crippen molar-refractivity contribution in [3.63, 3.8) is 0 Å². The lowest BCUT2D eigenvalue weighted by Crippen LogP contribution is -2.19. The van der Waals surface area contributed by atoms with Crippen molar-refractivity contribution in [1.29, 1.82) is 0 Å². The Hall–Kier alpha value is -1.96. The van der Waals surface area contributed by atoms with Crippen LogP contribution in [0.15, 0.2) is 42.5 Å². The minimum absolute atomic E-state index is 0.887. The average Bonchev–Trinajstić information content (AvgIpc) is 3.03. The Morgan fingerprint density at radius 2 is 1.71 bits per heavy atom. The van der Waals surface area contributed by atoms with Crippen molar-refractivity contribution in [2.75, 3.05) is 23.3 Å². The van der Waals surface area contributed by atoms with Crippen LogP contribution >= 0.6 is 0 Å². The molecule has 2 heteroatoms. The molecule has 0 bridgehead atoms. The lowest BCUT2D eigenvalue weighted by molar-refractivity contribution is 0.949. The Morgan fingerprint density at radius 1 is 0.952 bits per heavy atom. The molecule has 3 rings (SSSR count). The highest BCUT2D eigenvalue weighted by molar-refractivity contribution is 5.70. The lowest BCUT2D eigenvalue weighted by Gasteiger charge is -2.22. The minimum atomic E-state index is 0.887. The van der Waals surface area contributed by atoms with Gasteiger partial charge in [-0.3, -0.25) is 0 Å². The summed E-state index contributed by atoms with van der Waals surface area (Å²) < 4.78 is 0. The van der Waals surface area contributed by atoms with Gasteiger partial charge in [-0.05, 0) is 55.5 Å². The number of para-hydroxylation sites is 2. The van der Waals surface area contributed by atoms with E-state index in [9.17, 15) is 0 Å². The second kappa shape index (κ2) is 6.21. The number of anilines is 2. The summed E-state index contributed by atoms with van der Waals surface area (Å²) in [5, 5.41) is 3.63. The first-order valence-electron chi connectivity index (χ1n) is 7.88. The molecule has 1 aliphatic rings. The van der Waals surface area contributed by atoms with Crippen LogP contribution < -0.4 is 10.2 Å². The second-order valence-electron chi connectivity index (χ2n) is 5.92. The van der Waals surface area contributed by atoms with E-state index >= 15 is 0 Å². The summed E-state index contributed by atoms with van der Waals surface area (Å²) in [5.41, 5.74) is 6.73. The van der Waals surface area contributed by atoms with Gasteiger partial charge in [-0.15, -0.1) is 0 Å². The van der Waals surface area contributed by atoms with Crippen molar-refractivity contribution in [2.45, 2.75) is 33.2 Å². The molecule has 1 saturated heterocycles. The van der Waals surface area contributed by atoms with Gasteiger partial charge in [-0.25, -0.2) is 0 Å². The third kappa shape index (κ3) is 3.05. The molecular formula is C19H24N2. The molecule has 0 aliphatic carbocycles. The summed E-state index contributed by atoms with van der Waals surface area (Å²) >= 11 is 0. The smallest absolute Gasteiger partial charge is 0.0602 e. The molecule has 1 heterocycles. The maximum Gasteiger partial charge on any atom is 0.0602 e. The predicted molar refractivity (Wildman–Crippen MR) is 91.1 cm³/mol. The highest BCUT2D eigenvalue weighted by atomic mass is 15.2. The summed E-state index contributed by atoms with van der Waals surface area (Å²) in [6.45, 7) is 7.64. The Labute approximate surface area is 127 Å². The van der Waals surface area contributed by atoms with Crippen LogP contribution in [-0.4, -0.2) is 13.1 Å². The fourth-order valence-corrected chi connectivity index (χ4v) is 3.05. The number of rotatable bonds is 4. The van der Waals surface area contributed by atoms with Gasteiger partial charge < -0.3 is 10.2 Å². The molecule has 0 aromatic heterocycles. The third-order valence-electron chi connectivity index (χ3n) is 4.54. The number of hydrogen-bond acceptors (Lipinski definition) is 2. The van der Waals surface area contributed by atoms with Crippen LogP contribution in [0.4, 0.5) is 11.4 Å². The quantitative estimate of drug-likeness (QED) is 0.886. The molecular weight excluding hydrogens is 256 g/mol. The minimum Gasteiger partial charge on any atom is -0.379 e. The van der Waals surface area contributed by atoms with Gasteiger partial charge in [-0.2, -0.15) is 0 Å². The molecule has 0 radical (unpaired) electrons. The van der Waals surface area contributed by atoms with Gasteiger partial charge in [0, 0.05) is 19.6 Å². The van der Waals surface area contributed by atoms with E-state index in [0.717, 1.165) is 6.54 Å². The van der Waals surface area contributed by atoms with Gasteiger partial charge in [0.15, 0.2) is 0 Å². The monoisotopic (exact) mass is 280 g/mol. The van der Waals surface area contributed by atoms with E-state index in [4.69, 9.17) is 0 Å². The van der Waals surface area contributed by atoms with E-state index in [1.54, 1.807) is 0 Å². The van der Waals surface area contributed by atoms with Crippen LogP contribution in [0.1, 0.15) is 29.5 Å². The van der Waals surface area contributed by atoms with E-state index in [1.807, 2.05) is 0 Å². The summed E-state index contributed by atoms with van der Waals surface area (Å²) in [6.07, 6.45) is 2.62. The number of aryl methyl sites for hydroxylation is 1. The van der Waals surface area contributed by atoms with E-state index < -0.39 is 0 Å². The van der Waals surface area contributed by atoms with E-state index in [2.05, 4.69) is 66.5 Å². The van der Waals surface area contributed by atoms with Crippen molar-refractivity contribution >= 4 is 11.4 Å². The normalized spacial score (nSPS) is 14.5. The molecule has 0 atom stereocenters. The van der Waals surface area contributed by atoms with Crippen LogP contribution in [0.3, 0.4) is 0 Å². The molecule has 110 valence electrons. The van der Waals surface area contributed by atoms with Crippen LogP contribution in [0, 0.1) is 13.8 Å². The Bertz CT molecular complexity index is 613. The highest BCUT2D eigenvalue weighted by Gasteiger charge is 2.15. The molecule has 2 aromatic rings. The Balaban J connectivity index is 1.77. The Kier molecular flexibility index (Phi) is 4.14. The molecule has 21 heavy (non-hydrogen) atoms. The molecule has 1 N–H and O–H groups in total. The molecule has 2 nitrogen and oxygen atoms in total. The van der Waals surface area contributed by atoms with Gasteiger partial charge in [0.2, 0.25) is 0 Å². The largest absolute Gasteiger partial charge is 0.379 e. The second-order valence-corrected chi connectivity index (χ2v) is 5.92. The number of nitrogens with one attached hydrogen (secondary N) is 1. The van der Waals surface area contributed by atoms with Crippen molar-refractivity contribution in [3.05, 3.63) is 59.2 Å². The van der Waals surface area contributed by atoms with E-state index in [0.29, 0.717) is 0 Å². The first-order valence-corrected chi connectivity index (χ1v) is 7.88.